The van der Waals surface area contributed by atoms with E-state index in [1.54, 1.807) is 16.7 Å². The molecule has 0 amide bonds. The molecule has 0 atom stereocenters. The van der Waals surface area contributed by atoms with Gasteiger partial charge in [0.25, 0.3) is 0 Å². The van der Waals surface area contributed by atoms with E-state index in [-0.39, 0.29) is 35.3 Å². The van der Waals surface area contributed by atoms with Crippen LogP contribution in [0, 0.1) is 7.05 Å². The van der Waals surface area contributed by atoms with E-state index in [0.717, 1.165) is 16.6 Å². The van der Waals surface area contributed by atoms with Crippen LogP contribution in [0.2, 0.25) is 0 Å². The summed E-state index contributed by atoms with van der Waals surface area (Å²) in [5.74, 6) is 0.000260. The summed E-state index contributed by atoms with van der Waals surface area (Å²) in [6.07, 6.45) is 0. The molecule has 0 unspecified atom stereocenters. The van der Waals surface area contributed by atoms with Crippen molar-refractivity contribution in [2.24, 2.45) is 0 Å². The average Bonchev–Trinajstić information content (AvgIpc) is 2.40. The Balaban J connectivity index is 0.00000133. The molecular formula is C16H12NNaO. The van der Waals surface area contributed by atoms with Crippen molar-refractivity contribution in [2.45, 2.75) is 0 Å². The Labute approximate surface area is 134 Å². The molecule has 0 saturated heterocycles. The van der Waals surface area contributed by atoms with Crippen LogP contribution in [0.25, 0.3) is 22.2 Å². The monoisotopic (exact) mass is 257 g/mol. The Morgan fingerprint density at radius 3 is 2.32 bits per heavy atom. The third-order valence-electron chi connectivity index (χ3n) is 3.08. The fourth-order valence-electron chi connectivity index (χ4n) is 2.20. The summed E-state index contributed by atoms with van der Waals surface area (Å²) in [4.78, 5) is 0. The summed E-state index contributed by atoms with van der Waals surface area (Å²) in [7, 11) is 4.00. The molecule has 0 N–H and O–H groups in total. The van der Waals surface area contributed by atoms with Crippen molar-refractivity contribution < 1.29 is 39.2 Å². The van der Waals surface area contributed by atoms with Gasteiger partial charge in [0.1, 0.15) is 11.2 Å². The molecule has 3 rings (SSSR count). The molecule has 1 heterocycles. The molecule has 0 bridgehead atoms. The maximum Gasteiger partial charge on any atom is 1.00 e. The smallest absolute Gasteiger partial charge is 0.877 e. The van der Waals surface area contributed by atoms with Crippen LogP contribution in [0.15, 0.2) is 60.7 Å². The molecule has 88 valence electrons. The van der Waals surface area contributed by atoms with Gasteiger partial charge in [0.05, 0.1) is 0 Å². The summed E-state index contributed by atoms with van der Waals surface area (Å²) in [5.41, 5.74) is 2.63. The molecule has 2 aromatic carbocycles. The molecule has 0 saturated carbocycles. The summed E-state index contributed by atoms with van der Waals surface area (Å²) >= 11 is 0. The standard InChI is InChI=1S/C16H13NO.Na/c1-17-14(12-6-3-2-4-7-12)11-10-13-8-5-9-15(18)16(13)17;/h2-11,18H,1H2;/q;+1/p-1. The van der Waals surface area contributed by atoms with Crippen LogP contribution in [0.1, 0.15) is 0 Å². The summed E-state index contributed by atoms with van der Waals surface area (Å²) in [6, 6.07) is 19.2. The first kappa shape index (κ1) is 13.9. The number of fused-ring (bicyclic) bond motifs is 1. The van der Waals surface area contributed by atoms with E-state index in [1.807, 2.05) is 48.5 Å². The maximum atomic E-state index is 11.9. The van der Waals surface area contributed by atoms with Crippen LogP contribution in [0.3, 0.4) is 0 Å². The predicted octanol–water partition coefficient (Wildman–Crippen LogP) is -0.488. The molecule has 19 heavy (non-hydrogen) atoms. The predicted molar refractivity (Wildman–Crippen MR) is 69.8 cm³/mol. The SMILES string of the molecule is [CH2-][n+]1c(-c2ccccc2)ccc2cccc([O-])c21.[Na+]. The van der Waals surface area contributed by atoms with Crippen molar-refractivity contribution in [3.8, 4) is 17.0 Å². The number of hydrogen-bond donors (Lipinski definition) is 0. The van der Waals surface area contributed by atoms with Gasteiger partial charge in [-0.2, -0.15) is 0 Å². The molecule has 0 radical (unpaired) electrons. The van der Waals surface area contributed by atoms with Crippen LogP contribution in [0.5, 0.6) is 5.75 Å². The molecule has 3 aromatic rings. The molecule has 0 aliphatic rings. The van der Waals surface area contributed by atoms with Crippen LogP contribution in [-0.4, -0.2) is 0 Å². The fourth-order valence-corrected chi connectivity index (χ4v) is 2.20. The largest absolute Gasteiger partial charge is 1.00 e. The van der Waals surface area contributed by atoms with E-state index in [0.29, 0.717) is 5.52 Å². The van der Waals surface area contributed by atoms with E-state index >= 15 is 0 Å². The second kappa shape index (κ2) is 5.66. The molecular weight excluding hydrogens is 245 g/mol. The number of aromatic nitrogens is 1. The van der Waals surface area contributed by atoms with E-state index in [2.05, 4.69) is 7.05 Å². The first-order valence-electron chi connectivity index (χ1n) is 5.78. The van der Waals surface area contributed by atoms with Crippen molar-refractivity contribution in [1.82, 2.24) is 0 Å². The second-order valence-corrected chi connectivity index (χ2v) is 4.21. The summed E-state index contributed by atoms with van der Waals surface area (Å²) < 4.78 is 1.72. The third-order valence-corrected chi connectivity index (χ3v) is 3.08. The van der Waals surface area contributed by atoms with Crippen molar-refractivity contribution in [3.63, 3.8) is 0 Å². The number of rotatable bonds is 1. The molecule has 0 fully saturated rings. The van der Waals surface area contributed by atoms with E-state index in [9.17, 15) is 5.11 Å². The topological polar surface area (TPSA) is 26.9 Å². The molecule has 0 aliphatic heterocycles. The third kappa shape index (κ3) is 2.47. The average molecular weight is 257 g/mol. The minimum Gasteiger partial charge on any atom is -0.877 e. The van der Waals surface area contributed by atoms with Crippen LogP contribution < -0.4 is 39.2 Å². The van der Waals surface area contributed by atoms with Crippen molar-refractivity contribution >= 4 is 10.9 Å². The Morgan fingerprint density at radius 1 is 0.842 bits per heavy atom. The molecule has 2 nitrogen and oxygen atoms in total. The zero-order valence-corrected chi connectivity index (χ0v) is 12.8. The quantitative estimate of drug-likeness (QED) is 0.328. The normalized spacial score (nSPS) is 10.1. The van der Waals surface area contributed by atoms with Crippen molar-refractivity contribution in [2.75, 3.05) is 0 Å². The van der Waals surface area contributed by atoms with Crippen molar-refractivity contribution in [1.29, 1.82) is 0 Å². The first-order valence-corrected chi connectivity index (χ1v) is 5.78. The Kier molecular flexibility index (Phi) is 4.15. The number of para-hydroxylation sites is 1. The number of nitrogens with zero attached hydrogens (tertiary/aromatic N) is 1. The number of hydrogen-bond acceptors (Lipinski definition) is 1. The summed E-state index contributed by atoms with van der Waals surface area (Å²) in [6.45, 7) is 0. The zero-order valence-electron chi connectivity index (χ0n) is 10.8. The van der Waals surface area contributed by atoms with Gasteiger partial charge in [-0.05, 0) is 17.0 Å². The number of pyridine rings is 1. The van der Waals surface area contributed by atoms with Crippen LogP contribution >= 0.6 is 0 Å². The zero-order chi connectivity index (χ0) is 12.5. The van der Waals surface area contributed by atoms with Gasteiger partial charge in [-0.15, -0.1) is 0 Å². The van der Waals surface area contributed by atoms with E-state index < -0.39 is 0 Å². The Hall–Kier alpha value is -1.48. The van der Waals surface area contributed by atoms with Gasteiger partial charge in [0.15, 0.2) is 0 Å². The Morgan fingerprint density at radius 2 is 1.58 bits per heavy atom. The second-order valence-electron chi connectivity index (χ2n) is 4.21. The van der Waals surface area contributed by atoms with Gasteiger partial charge in [-0.1, -0.05) is 60.3 Å². The number of benzene rings is 2. The van der Waals surface area contributed by atoms with Gasteiger partial charge in [-0.3, -0.25) is 0 Å². The fraction of sp³-hybridized carbons (Fsp3) is 0. The minimum absolute atomic E-state index is 0. The van der Waals surface area contributed by atoms with E-state index in [4.69, 9.17) is 0 Å². The van der Waals surface area contributed by atoms with Crippen LogP contribution in [0.4, 0.5) is 0 Å². The maximum absolute atomic E-state index is 11.9. The van der Waals surface area contributed by atoms with Gasteiger partial charge in [-0.25, -0.2) is 0 Å². The Bertz CT molecular complexity index is 711. The van der Waals surface area contributed by atoms with Gasteiger partial charge in [0.2, 0.25) is 0 Å². The van der Waals surface area contributed by atoms with Gasteiger partial charge >= 0.3 is 29.6 Å². The van der Waals surface area contributed by atoms with Crippen molar-refractivity contribution in [3.05, 3.63) is 67.7 Å². The molecule has 3 heteroatoms. The van der Waals surface area contributed by atoms with Gasteiger partial charge in [0, 0.05) is 7.05 Å². The molecule has 1 aromatic heterocycles. The van der Waals surface area contributed by atoms with E-state index in [1.165, 1.54) is 0 Å². The molecule has 0 aliphatic carbocycles. The van der Waals surface area contributed by atoms with Crippen LogP contribution in [-0.2, 0) is 0 Å². The summed E-state index contributed by atoms with van der Waals surface area (Å²) in [5, 5.41) is 12.8. The molecule has 0 spiro atoms. The first-order chi connectivity index (χ1) is 8.77. The minimum atomic E-state index is 0. The van der Waals surface area contributed by atoms with Gasteiger partial charge < -0.3 is 9.67 Å².